The Kier molecular flexibility index (Phi) is 4.83. The summed E-state index contributed by atoms with van der Waals surface area (Å²) in [5, 5.41) is 14.1. The summed E-state index contributed by atoms with van der Waals surface area (Å²) in [6.45, 7) is 2.40. The normalized spacial score (nSPS) is 12.0. The average Bonchev–Trinajstić information content (AvgIpc) is 3.26. The minimum Gasteiger partial charge on any atom is -0.350 e. The van der Waals surface area contributed by atoms with Gasteiger partial charge in [0.05, 0.1) is 18.7 Å². The standard InChI is InChI=1S/C17H18N4OS/c1-2-15(13-7-4-3-5-8-13)17(22)18-11-14-12-21(20-19-14)16-9-6-10-23-16/h3-10,12,15H,2,11H2,1H3,(H,18,22)/t15-/m0/s1. The summed E-state index contributed by atoms with van der Waals surface area (Å²) in [4.78, 5) is 12.4. The van der Waals surface area contributed by atoms with Crippen LogP contribution in [0.1, 0.15) is 30.5 Å². The molecule has 0 bridgehead atoms. The van der Waals surface area contributed by atoms with E-state index in [0.29, 0.717) is 6.54 Å². The molecule has 0 aliphatic heterocycles. The molecule has 5 nitrogen and oxygen atoms in total. The zero-order valence-electron chi connectivity index (χ0n) is 12.8. The summed E-state index contributed by atoms with van der Waals surface area (Å²) < 4.78 is 1.72. The fourth-order valence-corrected chi connectivity index (χ4v) is 3.10. The maximum atomic E-state index is 12.4. The second-order valence-electron chi connectivity index (χ2n) is 5.20. The lowest BCUT2D eigenvalue weighted by molar-refractivity contribution is -0.122. The number of amides is 1. The van der Waals surface area contributed by atoms with Gasteiger partial charge in [-0.1, -0.05) is 42.5 Å². The van der Waals surface area contributed by atoms with Gasteiger partial charge in [-0.25, -0.2) is 4.68 Å². The quantitative estimate of drug-likeness (QED) is 0.757. The van der Waals surface area contributed by atoms with E-state index < -0.39 is 0 Å². The second-order valence-corrected chi connectivity index (χ2v) is 6.12. The van der Waals surface area contributed by atoms with Crippen LogP contribution >= 0.6 is 11.3 Å². The predicted octanol–water partition coefficient (Wildman–Crippen LogP) is 3.14. The highest BCUT2D eigenvalue weighted by molar-refractivity contribution is 7.12. The lowest BCUT2D eigenvalue weighted by Crippen LogP contribution is -2.28. The second kappa shape index (κ2) is 7.19. The minimum atomic E-state index is -0.136. The topological polar surface area (TPSA) is 59.8 Å². The third kappa shape index (κ3) is 3.65. The van der Waals surface area contributed by atoms with Crippen LogP contribution in [0.3, 0.4) is 0 Å². The zero-order valence-corrected chi connectivity index (χ0v) is 13.7. The monoisotopic (exact) mass is 326 g/mol. The molecule has 3 aromatic rings. The van der Waals surface area contributed by atoms with E-state index in [1.54, 1.807) is 16.0 Å². The Morgan fingerprint density at radius 2 is 2.09 bits per heavy atom. The molecule has 1 atom stereocenters. The molecule has 6 heteroatoms. The first-order chi connectivity index (χ1) is 11.3. The maximum absolute atomic E-state index is 12.4. The third-order valence-electron chi connectivity index (χ3n) is 3.64. The van der Waals surface area contributed by atoms with Crippen molar-refractivity contribution in [1.29, 1.82) is 0 Å². The summed E-state index contributed by atoms with van der Waals surface area (Å²) in [7, 11) is 0. The number of rotatable bonds is 6. The summed E-state index contributed by atoms with van der Waals surface area (Å²) in [6.07, 6.45) is 2.60. The number of carbonyl (C=O) groups excluding carboxylic acids is 1. The van der Waals surface area contributed by atoms with Crippen molar-refractivity contribution in [3.63, 3.8) is 0 Å². The molecule has 0 aliphatic rings. The molecule has 23 heavy (non-hydrogen) atoms. The molecule has 1 N–H and O–H groups in total. The van der Waals surface area contributed by atoms with Gasteiger partial charge in [0.25, 0.3) is 0 Å². The minimum absolute atomic E-state index is 0.0179. The lowest BCUT2D eigenvalue weighted by atomic mass is 9.96. The number of nitrogens with zero attached hydrogens (tertiary/aromatic N) is 3. The van der Waals surface area contributed by atoms with E-state index in [9.17, 15) is 4.79 Å². The van der Waals surface area contributed by atoms with Crippen molar-refractivity contribution in [3.05, 3.63) is 65.3 Å². The van der Waals surface area contributed by atoms with Crippen molar-refractivity contribution in [3.8, 4) is 5.00 Å². The van der Waals surface area contributed by atoms with Crippen LogP contribution in [0.5, 0.6) is 0 Å². The highest BCUT2D eigenvalue weighted by atomic mass is 32.1. The van der Waals surface area contributed by atoms with Gasteiger partial charge in [0.1, 0.15) is 10.7 Å². The third-order valence-corrected chi connectivity index (χ3v) is 4.50. The van der Waals surface area contributed by atoms with E-state index in [2.05, 4.69) is 15.6 Å². The zero-order chi connectivity index (χ0) is 16.1. The molecule has 0 spiro atoms. The van der Waals surface area contributed by atoms with E-state index in [-0.39, 0.29) is 11.8 Å². The summed E-state index contributed by atoms with van der Waals surface area (Å²) in [6, 6.07) is 13.8. The van der Waals surface area contributed by atoms with Crippen LogP contribution in [-0.4, -0.2) is 20.9 Å². The maximum Gasteiger partial charge on any atom is 0.227 e. The molecule has 0 saturated carbocycles. The van der Waals surface area contributed by atoms with Crippen LogP contribution in [0.2, 0.25) is 0 Å². The van der Waals surface area contributed by atoms with Gasteiger partial charge >= 0.3 is 0 Å². The largest absolute Gasteiger partial charge is 0.350 e. The number of hydrogen-bond acceptors (Lipinski definition) is 4. The SMILES string of the molecule is CC[C@H](C(=O)NCc1cn(-c2cccs2)nn1)c1ccccc1. The van der Waals surface area contributed by atoms with Crippen molar-refractivity contribution < 1.29 is 4.79 Å². The van der Waals surface area contributed by atoms with Crippen LogP contribution in [0.25, 0.3) is 5.00 Å². The van der Waals surface area contributed by atoms with Gasteiger partial charge in [-0.05, 0) is 29.5 Å². The van der Waals surface area contributed by atoms with E-state index in [1.807, 2.05) is 61.0 Å². The first-order valence-electron chi connectivity index (χ1n) is 7.55. The van der Waals surface area contributed by atoms with Crippen LogP contribution in [0.4, 0.5) is 0 Å². The van der Waals surface area contributed by atoms with E-state index in [1.165, 1.54) is 0 Å². The Labute approximate surface area is 139 Å². The number of benzene rings is 1. The van der Waals surface area contributed by atoms with Gasteiger partial charge < -0.3 is 5.32 Å². The van der Waals surface area contributed by atoms with Crippen molar-refractivity contribution >= 4 is 17.2 Å². The smallest absolute Gasteiger partial charge is 0.227 e. The Hall–Kier alpha value is -2.47. The fourth-order valence-electron chi connectivity index (χ4n) is 2.45. The summed E-state index contributed by atoms with van der Waals surface area (Å²) in [5.74, 6) is -0.118. The van der Waals surface area contributed by atoms with Crippen LogP contribution in [0, 0.1) is 0 Å². The number of aromatic nitrogens is 3. The van der Waals surface area contributed by atoms with E-state index >= 15 is 0 Å². The van der Waals surface area contributed by atoms with Gasteiger partial charge in [0.2, 0.25) is 5.91 Å². The highest BCUT2D eigenvalue weighted by Gasteiger charge is 2.18. The molecule has 1 amide bonds. The van der Waals surface area contributed by atoms with Gasteiger partial charge in [-0.2, -0.15) is 0 Å². The van der Waals surface area contributed by atoms with Gasteiger partial charge in [0, 0.05) is 0 Å². The number of carbonyl (C=O) groups is 1. The Balaban J connectivity index is 1.62. The van der Waals surface area contributed by atoms with Crippen LogP contribution in [0.15, 0.2) is 54.0 Å². The average molecular weight is 326 g/mol. The van der Waals surface area contributed by atoms with Gasteiger partial charge in [-0.3, -0.25) is 4.79 Å². The molecule has 2 heterocycles. The Morgan fingerprint density at radius 3 is 2.78 bits per heavy atom. The Morgan fingerprint density at radius 1 is 1.26 bits per heavy atom. The lowest BCUT2D eigenvalue weighted by Gasteiger charge is -2.14. The van der Waals surface area contributed by atoms with Crippen molar-refractivity contribution in [2.45, 2.75) is 25.8 Å². The van der Waals surface area contributed by atoms with Crippen LogP contribution < -0.4 is 5.32 Å². The first kappa shape index (κ1) is 15.4. The number of thiophene rings is 1. The fraction of sp³-hybridized carbons (Fsp3) is 0.235. The van der Waals surface area contributed by atoms with Crippen molar-refractivity contribution in [2.75, 3.05) is 0 Å². The number of hydrogen-bond donors (Lipinski definition) is 1. The Bertz CT molecular complexity index is 752. The highest BCUT2D eigenvalue weighted by Crippen LogP contribution is 2.19. The first-order valence-corrected chi connectivity index (χ1v) is 8.43. The summed E-state index contributed by atoms with van der Waals surface area (Å²) in [5.41, 5.74) is 1.78. The number of nitrogens with one attached hydrogen (secondary N) is 1. The molecule has 0 aliphatic carbocycles. The van der Waals surface area contributed by atoms with Crippen molar-refractivity contribution in [1.82, 2.24) is 20.3 Å². The molecular weight excluding hydrogens is 308 g/mol. The molecular formula is C17H18N4OS. The molecule has 118 valence electrons. The molecule has 3 rings (SSSR count). The van der Waals surface area contributed by atoms with Gasteiger partial charge in [-0.15, -0.1) is 16.4 Å². The summed E-state index contributed by atoms with van der Waals surface area (Å²) >= 11 is 1.59. The van der Waals surface area contributed by atoms with E-state index in [0.717, 1.165) is 22.7 Å². The van der Waals surface area contributed by atoms with Crippen molar-refractivity contribution in [2.24, 2.45) is 0 Å². The molecule has 2 aromatic heterocycles. The molecule has 0 radical (unpaired) electrons. The predicted molar refractivity (Wildman–Crippen MR) is 90.6 cm³/mol. The van der Waals surface area contributed by atoms with E-state index in [4.69, 9.17) is 0 Å². The van der Waals surface area contributed by atoms with Crippen LogP contribution in [-0.2, 0) is 11.3 Å². The van der Waals surface area contributed by atoms with Gasteiger partial charge in [0.15, 0.2) is 0 Å². The molecule has 0 unspecified atom stereocenters. The molecule has 0 saturated heterocycles. The molecule has 1 aromatic carbocycles. The molecule has 0 fully saturated rings.